The Morgan fingerprint density at radius 1 is 1.30 bits per heavy atom. The first-order chi connectivity index (χ1) is 9.38. The molecule has 0 radical (unpaired) electrons. The minimum absolute atomic E-state index is 0.252. The summed E-state index contributed by atoms with van der Waals surface area (Å²) in [6.07, 6.45) is 1.48. The molecule has 0 amide bonds. The molecule has 0 unspecified atom stereocenters. The van der Waals surface area contributed by atoms with Crippen LogP contribution in [-0.4, -0.2) is 14.6 Å². The van der Waals surface area contributed by atoms with E-state index < -0.39 is 10.0 Å². The molecule has 1 aromatic heterocycles. The Labute approximate surface area is 130 Å². The Balaban J connectivity index is 2.19. The largest absolute Gasteiger partial charge is 0.276 e. The van der Waals surface area contributed by atoms with Gasteiger partial charge in [0.05, 0.1) is 11.1 Å². The second kappa shape index (κ2) is 6.07. The normalized spacial score (nSPS) is 11.9. The number of rotatable bonds is 4. The molecule has 0 bridgehead atoms. The number of thiophene rings is 1. The van der Waals surface area contributed by atoms with Crippen molar-refractivity contribution in [3.05, 3.63) is 50.1 Å². The van der Waals surface area contributed by atoms with Gasteiger partial charge in [-0.25, -0.2) is 4.83 Å². The number of aryl methyl sites for hydroxylation is 2. The van der Waals surface area contributed by atoms with Gasteiger partial charge in [-0.2, -0.15) is 13.5 Å². The van der Waals surface area contributed by atoms with Crippen LogP contribution in [0.5, 0.6) is 0 Å². The maximum absolute atomic E-state index is 12.2. The summed E-state index contributed by atoms with van der Waals surface area (Å²) in [5.41, 5.74) is 1.58. The molecule has 0 saturated heterocycles. The van der Waals surface area contributed by atoms with Crippen molar-refractivity contribution >= 4 is 43.5 Å². The number of nitrogens with one attached hydrogen (secondary N) is 1. The summed E-state index contributed by atoms with van der Waals surface area (Å²) < 4.78 is 25.3. The number of sulfonamides is 1. The Morgan fingerprint density at radius 3 is 2.70 bits per heavy atom. The Bertz CT molecular complexity index is 751. The summed E-state index contributed by atoms with van der Waals surface area (Å²) in [4.78, 5) is 3.35. The first kappa shape index (κ1) is 15.2. The molecular weight excluding hydrogens is 360 g/mol. The summed E-state index contributed by atoms with van der Waals surface area (Å²) in [5, 5.41) is 5.70. The zero-order valence-electron chi connectivity index (χ0n) is 10.9. The molecule has 106 valence electrons. The van der Waals surface area contributed by atoms with Crippen LogP contribution in [0.3, 0.4) is 0 Å². The van der Waals surface area contributed by atoms with E-state index in [2.05, 4.69) is 25.9 Å². The second-order valence-corrected chi connectivity index (χ2v) is 7.78. The third-order valence-electron chi connectivity index (χ3n) is 2.59. The van der Waals surface area contributed by atoms with E-state index in [1.54, 1.807) is 19.1 Å². The van der Waals surface area contributed by atoms with Crippen LogP contribution in [0.2, 0.25) is 0 Å². The molecule has 1 aromatic carbocycles. The van der Waals surface area contributed by atoms with Crippen LogP contribution in [0.1, 0.15) is 16.0 Å². The van der Waals surface area contributed by atoms with Gasteiger partial charge in [-0.15, -0.1) is 11.3 Å². The monoisotopic (exact) mass is 372 g/mol. The van der Waals surface area contributed by atoms with Crippen LogP contribution >= 0.6 is 27.3 Å². The lowest BCUT2D eigenvalue weighted by atomic mass is 10.2. The first-order valence-electron chi connectivity index (χ1n) is 5.74. The van der Waals surface area contributed by atoms with Crippen molar-refractivity contribution in [3.8, 4) is 0 Å². The van der Waals surface area contributed by atoms with Crippen molar-refractivity contribution < 1.29 is 8.42 Å². The molecule has 0 saturated carbocycles. The Morgan fingerprint density at radius 2 is 2.05 bits per heavy atom. The maximum atomic E-state index is 12.2. The van der Waals surface area contributed by atoms with Crippen LogP contribution in [0.15, 0.2) is 44.1 Å². The SMILES string of the molecule is Cc1ccc(C)c(S(=O)(=O)N/N=C/c2cc(Br)cs2)c1. The van der Waals surface area contributed by atoms with E-state index in [0.29, 0.717) is 5.56 Å². The summed E-state index contributed by atoms with van der Waals surface area (Å²) in [6, 6.07) is 7.15. The van der Waals surface area contributed by atoms with Gasteiger partial charge in [-0.05, 0) is 53.0 Å². The third-order valence-corrected chi connectivity index (χ3v) is 5.58. The highest BCUT2D eigenvalue weighted by atomic mass is 79.9. The van der Waals surface area contributed by atoms with Crippen molar-refractivity contribution in [2.45, 2.75) is 18.7 Å². The predicted molar refractivity (Wildman–Crippen MR) is 85.9 cm³/mol. The standard InChI is InChI=1S/C13H13BrN2O2S2/c1-9-3-4-10(2)13(5-9)20(17,18)16-15-7-12-6-11(14)8-19-12/h3-8,16H,1-2H3/b15-7+. The van der Waals surface area contributed by atoms with Crippen molar-refractivity contribution in [2.75, 3.05) is 0 Å². The highest BCUT2D eigenvalue weighted by molar-refractivity contribution is 9.10. The molecule has 2 aromatic rings. The molecule has 1 N–H and O–H groups in total. The highest BCUT2D eigenvalue weighted by Crippen LogP contribution is 2.18. The van der Waals surface area contributed by atoms with Gasteiger partial charge in [0.1, 0.15) is 0 Å². The van der Waals surface area contributed by atoms with Gasteiger partial charge in [0.15, 0.2) is 0 Å². The third kappa shape index (κ3) is 3.68. The van der Waals surface area contributed by atoms with Gasteiger partial charge in [0.2, 0.25) is 0 Å². The highest BCUT2D eigenvalue weighted by Gasteiger charge is 2.15. The summed E-state index contributed by atoms with van der Waals surface area (Å²) in [6.45, 7) is 3.61. The van der Waals surface area contributed by atoms with Crippen molar-refractivity contribution in [1.82, 2.24) is 4.83 Å². The van der Waals surface area contributed by atoms with E-state index in [9.17, 15) is 8.42 Å². The van der Waals surface area contributed by atoms with Crippen LogP contribution < -0.4 is 4.83 Å². The number of hydrogen-bond acceptors (Lipinski definition) is 4. The van der Waals surface area contributed by atoms with Crippen molar-refractivity contribution in [3.63, 3.8) is 0 Å². The van der Waals surface area contributed by atoms with E-state index >= 15 is 0 Å². The average Bonchev–Trinajstić information content (AvgIpc) is 2.78. The smallest absolute Gasteiger partial charge is 0.200 e. The van der Waals surface area contributed by atoms with Gasteiger partial charge in [0, 0.05) is 14.7 Å². The lowest BCUT2D eigenvalue weighted by molar-refractivity contribution is 0.584. The number of hydrogen-bond donors (Lipinski definition) is 1. The lowest BCUT2D eigenvalue weighted by Gasteiger charge is -2.07. The minimum atomic E-state index is -3.63. The van der Waals surface area contributed by atoms with Gasteiger partial charge < -0.3 is 0 Å². The van der Waals surface area contributed by atoms with Crippen LogP contribution in [0.25, 0.3) is 0 Å². The molecule has 2 rings (SSSR count). The molecule has 1 heterocycles. The second-order valence-electron chi connectivity index (χ2n) is 4.29. The van der Waals surface area contributed by atoms with Gasteiger partial charge in [0.25, 0.3) is 10.0 Å². The van der Waals surface area contributed by atoms with E-state index in [1.165, 1.54) is 17.6 Å². The zero-order chi connectivity index (χ0) is 14.8. The number of halogens is 1. The minimum Gasteiger partial charge on any atom is -0.200 e. The first-order valence-corrected chi connectivity index (χ1v) is 8.90. The summed E-state index contributed by atoms with van der Waals surface area (Å²) in [7, 11) is -3.63. The zero-order valence-corrected chi connectivity index (χ0v) is 14.1. The van der Waals surface area contributed by atoms with Gasteiger partial charge in [-0.1, -0.05) is 12.1 Å². The average molecular weight is 373 g/mol. The van der Waals surface area contributed by atoms with Gasteiger partial charge in [-0.3, -0.25) is 0 Å². The van der Waals surface area contributed by atoms with Crippen LogP contribution in [-0.2, 0) is 10.0 Å². The Kier molecular flexibility index (Phi) is 4.62. The van der Waals surface area contributed by atoms with E-state index in [-0.39, 0.29) is 4.90 Å². The predicted octanol–water partition coefficient (Wildman–Crippen LogP) is 3.44. The van der Waals surface area contributed by atoms with Crippen LogP contribution in [0.4, 0.5) is 0 Å². The van der Waals surface area contributed by atoms with Crippen LogP contribution in [0, 0.1) is 13.8 Å². The molecule has 0 aliphatic carbocycles. The molecule has 0 fully saturated rings. The molecule has 0 aliphatic rings. The topological polar surface area (TPSA) is 58.5 Å². The fraction of sp³-hybridized carbons (Fsp3) is 0.154. The summed E-state index contributed by atoms with van der Waals surface area (Å²) >= 11 is 4.80. The fourth-order valence-corrected chi connectivity index (χ4v) is 4.03. The molecule has 0 aliphatic heterocycles. The summed E-state index contributed by atoms with van der Waals surface area (Å²) in [5.74, 6) is 0. The number of nitrogens with zero attached hydrogens (tertiary/aromatic N) is 1. The number of hydrazone groups is 1. The lowest BCUT2D eigenvalue weighted by Crippen LogP contribution is -2.19. The van der Waals surface area contributed by atoms with Crippen molar-refractivity contribution in [1.29, 1.82) is 0 Å². The number of benzene rings is 1. The molecule has 0 atom stereocenters. The van der Waals surface area contributed by atoms with Crippen molar-refractivity contribution in [2.24, 2.45) is 5.10 Å². The van der Waals surface area contributed by atoms with Gasteiger partial charge >= 0.3 is 0 Å². The molecule has 7 heteroatoms. The quantitative estimate of drug-likeness (QED) is 0.659. The fourth-order valence-electron chi connectivity index (χ4n) is 1.60. The molecule has 0 spiro atoms. The maximum Gasteiger partial charge on any atom is 0.276 e. The molecule has 4 nitrogen and oxygen atoms in total. The molecule has 20 heavy (non-hydrogen) atoms. The van der Waals surface area contributed by atoms with E-state index in [4.69, 9.17) is 0 Å². The Hall–Kier alpha value is -1.18. The van der Waals surface area contributed by atoms with E-state index in [1.807, 2.05) is 24.4 Å². The van der Waals surface area contributed by atoms with E-state index in [0.717, 1.165) is 14.9 Å². The molecular formula is C13H13BrN2O2S2.